The third-order valence-electron chi connectivity index (χ3n) is 5.57. The summed E-state index contributed by atoms with van der Waals surface area (Å²) in [5.41, 5.74) is 1.16. The molecule has 1 aromatic carbocycles. The highest BCUT2D eigenvalue weighted by atomic mass is 16.5. The fourth-order valence-corrected chi connectivity index (χ4v) is 3.95. The van der Waals surface area contributed by atoms with Crippen molar-refractivity contribution in [2.75, 3.05) is 40.5 Å². The van der Waals surface area contributed by atoms with Gasteiger partial charge in [0.15, 0.2) is 5.82 Å². The zero-order valence-electron chi connectivity index (χ0n) is 19.6. The van der Waals surface area contributed by atoms with Gasteiger partial charge in [-0.15, -0.1) is 10.2 Å². The van der Waals surface area contributed by atoms with Crippen molar-refractivity contribution in [2.45, 2.75) is 39.3 Å². The second-order valence-corrected chi connectivity index (χ2v) is 8.53. The van der Waals surface area contributed by atoms with E-state index in [1.165, 1.54) is 7.11 Å². The normalized spacial score (nSPS) is 15.5. The van der Waals surface area contributed by atoms with Crippen LogP contribution in [-0.2, 0) is 22.5 Å². The number of aromatic nitrogens is 3. The van der Waals surface area contributed by atoms with Crippen molar-refractivity contribution in [1.82, 2.24) is 25.0 Å². The second-order valence-electron chi connectivity index (χ2n) is 8.53. The van der Waals surface area contributed by atoms with Gasteiger partial charge in [-0.05, 0) is 30.0 Å². The van der Waals surface area contributed by atoms with Crippen LogP contribution in [0.1, 0.15) is 43.5 Å². The van der Waals surface area contributed by atoms with Gasteiger partial charge in [-0.25, -0.2) is 0 Å². The molecule has 1 aliphatic heterocycles. The average Bonchev–Trinajstić information content (AvgIpc) is 3.07. The highest BCUT2D eigenvalue weighted by Gasteiger charge is 2.25. The number of hydrogen-bond acceptors (Lipinski definition) is 6. The quantitative estimate of drug-likeness (QED) is 0.611. The number of carbonyl (C=O) groups excluding carboxylic acids is 1. The lowest BCUT2D eigenvalue weighted by molar-refractivity contribution is -0.125. The first-order chi connectivity index (χ1) is 15.5. The Labute approximate surface area is 190 Å². The van der Waals surface area contributed by atoms with Crippen LogP contribution in [0.25, 0.3) is 6.08 Å². The molecule has 0 aliphatic carbocycles. The molecule has 32 heavy (non-hydrogen) atoms. The van der Waals surface area contributed by atoms with E-state index >= 15 is 0 Å². The summed E-state index contributed by atoms with van der Waals surface area (Å²) in [5, 5.41) is 12.0. The summed E-state index contributed by atoms with van der Waals surface area (Å²) in [6, 6.07) is 7.88. The van der Waals surface area contributed by atoms with Crippen LogP contribution < -0.4 is 10.1 Å². The number of carbonyl (C=O) groups is 1. The Kier molecular flexibility index (Phi) is 8.81. The second kappa shape index (κ2) is 11.8. The molecule has 0 radical (unpaired) electrons. The number of ether oxygens (including phenoxy) is 2. The van der Waals surface area contributed by atoms with E-state index in [9.17, 15) is 4.79 Å². The number of rotatable bonds is 10. The smallest absolute Gasteiger partial charge is 0.246 e. The molecule has 1 aromatic heterocycles. The van der Waals surface area contributed by atoms with Gasteiger partial charge < -0.3 is 19.4 Å². The molecule has 1 atom stereocenters. The van der Waals surface area contributed by atoms with Gasteiger partial charge >= 0.3 is 0 Å². The number of nitrogens with zero attached hydrogens (tertiary/aromatic N) is 4. The van der Waals surface area contributed by atoms with E-state index in [0.717, 1.165) is 62.0 Å². The first-order valence-electron chi connectivity index (χ1n) is 11.2. The van der Waals surface area contributed by atoms with Gasteiger partial charge in [0.2, 0.25) is 5.91 Å². The summed E-state index contributed by atoms with van der Waals surface area (Å²) < 4.78 is 12.4. The van der Waals surface area contributed by atoms with E-state index in [1.807, 2.05) is 12.1 Å². The molecule has 3 rings (SSSR count). The van der Waals surface area contributed by atoms with Gasteiger partial charge in [-0.2, -0.15) is 0 Å². The number of methoxy groups -OCH3 is 2. The first-order valence-corrected chi connectivity index (χ1v) is 11.2. The highest BCUT2D eigenvalue weighted by Crippen LogP contribution is 2.22. The van der Waals surface area contributed by atoms with E-state index in [4.69, 9.17) is 9.47 Å². The topological polar surface area (TPSA) is 81.5 Å². The average molecular weight is 442 g/mol. The van der Waals surface area contributed by atoms with Crippen LogP contribution in [-0.4, -0.2) is 66.0 Å². The summed E-state index contributed by atoms with van der Waals surface area (Å²) in [6.45, 7) is 7.85. The van der Waals surface area contributed by atoms with E-state index in [2.05, 4.69) is 63.1 Å². The van der Waals surface area contributed by atoms with E-state index in [-0.39, 0.29) is 18.6 Å². The predicted octanol–water partition coefficient (Wildman–Crippen LogP) is 2.71. The zero-order valence-corrected chi connectivity index (χ0v) is 19.6. The Hall–Kier alpha value is -2.71. The molecule has 8 heteroatoms. The predicted molar refractivity (Wildman–Crippen MR) is 124 cm³/mol. The van der Waals surface area contributed by atoms with Gasteiger partial charge in [0.1, 0.15) is 18.2 Å². The minimum absolute atomic E-state index is 0.0455. The first kappa shape index (κ1) is 23.9. The van der Waals surface area contributed by atoms with Gasteiger partial charge in [-0.1, -0.05) is 38.1 Å². The maximum atomic E-state index is 12.2. The third-order valence-corrected chi connectivity index (χ3v) is 5.57. The fourth-order valence-electron chi connectivity index (χ4n) is 3.95. The standard InChI is InChI=1S/C24H35N5O3/c1-18(2)16-21(25-23(30)17-31-3)24-27-26-22-11-13-28(14-15-29(22)24)12-5-6-19-7-9-20(32-4)10-8-19/h5-10,18,21H,11-17H2,1-4H3,(H,25,30). The van der Waals surface area contributed by atoms with Gasteiger partial charge in [-0.3, -0.25) is 9.69 Å². The van der Waals surface area contributed by atoms with Crippen LogP contribution in [0.15, 0.2) is 30.3 Å². The van der Waals surface area contributed by atoms with Crippen LogP contribution in [0.5, 0.6) is 5.75 Å². The zero-order chi connectivity index (χ0) is 22.9. The van der Waals surface area contributed by atoms with Crippen molar-refractivity contribution in [1.29, 1.82) is 0 Å². The Morgan fingerprint density at radius 1 is 1.16 bits per heavy atom. The van der Waals surface area contributed by atoms with Crippen molar-refractivity contribution in [2.24, 2.45) is 5.92 Å². The van der Waals surface area contributed by atoms with Crippen molar-refractivity contribution in [3.63, 3.8) is 0 Å². The van der Waals surface area contributed by atoms with Crippen LogP contribution in [0.3, 0.4) is 0 Å². The number of benzene rings is 1. The molecule has 0 bridgehead atoms. The summed E-state index contributed by atoms with van der Waals surface area (Å²) in [6.07, 6.45) is 5.98. The number of fused-ring (bicyclic) bond motifs is 1. The molecule has 0 saturated carbocycles. The highest BCUT2D eigenvalue weighted by molar-refractivity contribution is 5.77. The van der Waals surface area contributed by atoms with Crippen LogP contribution in [0.4, 0.5) is 0 Å². The molecule has 1 unspecified atom stereocenters. The molecule has 2 heterocycles. The summed E-state index contributed by atoms with van der Waals surface area (Å²) in [7, 11) is 3.20. The van der Waals surface area contributed by atoms with Crippen LogP contribution in [0.2, 0.25) is 0 Å². The SMILES string of the molecule is COCC(=O)NC(CC(C)C)c1nnc2n1CCN(CC=Cc1ccc(OC)cc1)CC2. The Balaban J connectivity index is 1.62. The minimum Gasteiger partial charge on any atom is -0.497 e. The fraction of sp³-hybridized carbons (Fsp3) is 0.542. The monoisotopic (exact) mass is 441 g/mol. The van der Waals surface area contributed by atoms with Crippen molar-refractivity contribution in [3.05, 3.63) is 47.6 Å². The molecule has 1 amide bonds. The lowest BCUT2D eigenvalue weighted by atomic mass is 10.0. The summed E-state index contributed by atoms with van der Waals surface area (Å²) in [5.74, 6) is 2.98. The molecular weight excluding hydrogens is 406 g/mol. The maximum Gasteiger partial charge on any atom is 0.246 e. The molecule has 0 fully saturated rings. The number of amides is 1. The van der Waals surface area contributed by atoms with E-state index in [1.54, 1.807) is 7.11 Å². The molecule has 0 spiro atoms. The van der Waals surface area contributed by atoms with Gasteiger partial charge in [0, 0.05) is 39.7 Å². The van der Waals surface area contributed by atoms with Gasteiger partial charge in [0.25, 0.3) is 0 Å². The van der Waals surface area contributed by atoms with E-state index in [0.29, 0.717) is 5.92 Å². The van der Waals surface area contributed by atoms with Crippen LogP contribution >= 0.6 is 0 Å². The maximum absolute atomic E-state index is 12.2. The van der Waals surface area contributed by atoms with Crippen molar-refractivity contribution < 1.29 is 14.3 Å². The van der Waals surface area contributed by atoms with Gasteiger partial charge in [0.05, 0.1) is 13.2 Å². The molecule has 0 saturated heterocycles. The summed E-state index contributed by atoms with van der Waals surface area (Å²) >= 11 is 0. The molecule has 1 aliphatic rings. The number of hydrogen-bond donors (Lipinski definition) is 1. The molecular formula is C24H35N5O3. The van der Waals surface area contributed by atoms with Crippen molar-refractivity contribution >= 4 is 12.0 Å². The largest absolute Gasteiger partial charge is 0.497 e. The lowest BCUT2D eigenvalue weighted by Gasteiger charge is -2.21. The Morgan fingerprint density at radius 3 is 2.62 bits per heavy atom. The Bertz CT molecular complexity index is 892. The molecule has 1 N–H and O–H groups in total. The molecule has 174 valence electrons. The summed E-state index contributed by atoms with van der Waals surface area (Å²) in [4.78, 5) is 14.6. The third kappa shape index (κ3) is 6.64. The van der Waals surface area contributed by atoms with Crippen LogP contribution in [0, 0.1) is 5.92 Å². The minimum atomic E-state index is -0.166. The van der Waals surface area contributed by atoms with E-state index < -0.39 is 0 Å². The molecule has 2 aromatic rings. The van der Waals surface area contributed by atoms with Crippen molar-refractivity contribution in [3.8, 4) is 5.75 Å². The number of nitrogens with one attached hydrogen (secondary N) is 1. The Morgan fingerprint density at radius 2 is 1.94 bits per heavy atom. The molecule has 8 nitrogen and oxygen atoms in total. The lowest BCUT2D eigenvalue weighted by Crippen LogP contribution is -2.34.